The van der Waals surface area contributed by atoms with Crippen LogP contribution in [0.3, 0.4) is 0 Å². The summed E-state index contributed by atoms with van der Waals surface area (Å²) < 4.78 is 22.4. The zero-order valence-corrected chi connectivity index (χ0v) is 19.6. The van der Waals surface area contributed by atoms with Crippen molar-refractivity contribution in [2.75, 3.05) is 20.3 Å². The van der Waals surface area contributed by atoms with Gasteiger partial charge >= 0.3 is 5.97 Å². The first-order valence-electron chi connectivity index (χ1n) is 11.5. The van der Waals surface area contributed by atoms with E-state index in [1.807, 2.05) is 62.4 Å². The molecule has 2 aromatic carbocycles. The number of esters is 1. The topological polar surface area (TPSA) is 70.8 Å². The molecule has 0 unspecified atom stereocenters. The van der Waals surface area contributed by atoms with Crippen LogP contribution in [0.25, 0.3) is 11.5 Å². The number of hydrogen-bond acceptors (Lipinski definition) is 6. The number of aromatic nitrogens is 1. The second kappa shape index (κ2) is 10.1. The highest BCUT2D eigenvalue weighted by Crippen LogP contribution is 2.45. The molecule has 0 N–H and O–H groups in total. The normalized spacial score (nSPS) is 14.4. The fraction of sp³-hybridized carbons (Fsp3) is 0.407. The van der Waals surface area contributed by atoms with E-state index in [4.69, 9.17) is 18.6 Å². The average Bonchev–Trinajstić information content (AvgIpc) is 3.18. The van der Waals surface area contributed by atoms with Gasteiger partial charge in [-0.25, -0.2) is 4.98 Å². The fourth-order valence-corrected chi connectivity index (χ4v) is 4.24. The van der Waals surface area contributed by atoms with Crippen LogP contribution in [0.5, 0.6) is 11.5 Å². The van der Waals surface area contributed by atoms with E-state index in [1.54, 1.807) is 7.11 Å². The van der Waals surface area contributed by atoms with Crippen molar-refractivity contribution < 1.29 is 23.4 Å². The molecule has 1 aliphatic rings. The van der Waals surface area contributed by atoms with Crippen molar-refractivity contribution >= 4 is 5.97 Å². The molecule has 1 saturated carbocycles. The van der Waals surface area contributed by atoms with E-state index in [0.29, 0.717) is 25.5 Å². The van der Waals surface area contributed by atoms with Gasteiger partial charge in [0.2, 0.25) is 5.89 Å². The van der Waals surface area contributed by atoms with E-state index in [0.717, 1.165) is 59.8 Å². The molecule has 6 nitrogen and oxygen atoms in total. The predicted octanol–water partition coefficient (Wildman–Crippen LogP) is 5.56. The molecule has 0 aliphatic heterocycles. The molecular weight excluding hydrogens is 418 g/mol. The van der Waals surface area contributed by atoms with Crippen molar-refractivity contribution in [3.8, 4) is 23.0 Å². The van der Waals surface area contributed by atoms with Crippen LogP contribution >= 0.6 is 0 Å². The summed E-state index contributed by atoms with van der Waals surface area (Å²) in [6, 6.07) is 15.7. The zero-order valence-electron chi connectivity index (χ0n) is 19.6. The fourth-order valence-electron chi connectivity index (χ4n) is 4.24. The number of nitrogens with zero attached hydrogens (tertiary/aromatic N) is 1. The Morgan fingerprint density at radius 2 is 1.91 bits per heavy atom. The molecule has 0 atom stereocenters. The third kappa shape index (κ3) is 5.21. The van der Waals surface area contributed by atoms with Crippen molar-refractivity contribution in [1.82, 2.24) is 4.98 Å². The third-order valence-corrected chi connectivity index (χ3v) is 6.30. The number of rotatable bonds is 10. The van der Waals surface area contributed by atoms with Crippen molar-refractivity contribution in [2.45, 2.75) is 46.0 Å². The number of carbonyl (C=O) groups is 1. The molecule has 0 bridgehead atoms. The molecule has 0 spiro atoms. The monoisotopic (exact) mass is 449 g/mol. The molecule has 174 valence electrons. The number of aryl methyl sites for hydroxylation is 1. The van der Waals surface area contributed by atoms with Gasteiger partial charge in [-0.3, -0.25) is 4.79 Å². The Hall–Kier alpha value is -3.28. The first-order valence-corrected chi connectivity index (χ1v) is 11.5. The molecule has 0 amide bonds. The van der Waals surface area contributed by atoms with Gasteiger partial charge in [0.05, 0.1) is 31.4 Å². The van der Waals surface area contributed by atoms with Gasteiger partial charge in [-0.2, -0.15) is 0 Å². The smallest absolute Gasteiger partial charge is 0.312 e. The minimum Gasteiger partial charge on any atom is -0.497 e. The Balaban J connectivity index is 1.32. The lowest BCUT2D eigenvalue weighted by Crippen LogP contribution is -2.41. The summed E-state index contributed by atoms with van der Waals surface area (Å²) in [5.41, 5.74) is 2.55. The predicted molar refractivity (Wildman–Crippen MR) is 125 cm³/mol. The number of hydrogen-bond donors (Lipinski definition) is 0. The van der Waals surface area contributed by atoms with Crippen molar-refractivity contribution in [2.24, 2.45) is 5.41 Å². The Labute approximate surface area is 194 Å². The summed E-state index contributed by atoms with van der Waals surface area (Å²) in [5, 5.41) is 0. The van der Waals surface area contributed by atoms with Crippen molar-refractivity contribution in [3.63, 3.8) is 0 Å². The van der Waals surface area contributed by atoms with E-state index in [9.17, 15) is 4.79 Å². The van der Waals surface area contributed by atoms with E-state index >= 15 is 0 Å². The molecule has 1 heterocycles. The summed E-state index contributed by atoms with van der Waals surface area (Å²) >= 11 is 0. The maximum Gasteiger partial charge on any atom is 0.312 e. The Kier molecular flexibility index (Phi) is 7.02. The van der Waals surface area contributed by atoms with Gasteiger partial charge in [-0.05, 0) is 69.0 Å². The minimum atomic E-state index is -0.344. The summed E-state index contributed by atoms with van der Waals surface area (Å²) in [7, 11) is 1.64. The van der Waals surface area contributed by atoms with Gasteiger partial charge in [0.15, 0.2) is 0 Å². The van der Waals surface area contributed by atoms with E-state index in [2.05, 4.69) is 4.98 Å². The van der Waals surface area contributed by atoms with Gasteiger partial charge in [0.1, 0.15) is 17.3 Å². The second-order valence-electron chi connectivity index (χ2n) is 8.53. The van der Waals surface area contributed by atoms with Crippen LogP contribution < -0.4 is 9.47 Å². The maximum absolute atomic E-state index is 12.4. The van der Waals surface area contributed by atoms with Crippen LogP contribution in [0.2, 0.25) is 0 Å². The summed E-state index contributed by atoms with van der Waals surface area (Å²) in [6.45, 7) is 4.70. The summed E-state index contributed by atoms with van der Waals surface area (Å²) in [4.78, 5) is 17.0. The second-order valence-corrected chi connectivity index (χ2v) is 8.53. The van der Waals surface area contributed by atoms with Gasteiger partial charge in [0, 0.05) is 12.0 Å². The molecule has 4 rings (SSSR count). The molecule has 33 heavy (non-hydrogen) atoms. The summed E-state index contributed by atoms with van der Waals surface area (Å²) in [6.07, 6.45) is 4.25. The van der Waals surface area contributed by atoms with Crippen molar-refractivity contribution in [1.29, 1.82) is 0 Å². The molecule has 0 radical (unpaired) electrons. The van der Waals surface area contributed by atoms with Gasteiger partial charge in [-0.15, -0.1) is 0 Å². The van der Waals surface area contributed by atoms with E-state index in [-0.39, 0.29) is 11.4 Å². The average molecular weight is 450 g/mol. The summed E-state index contributed by atoms with van der Waals surface area (Å²) in [5.74, 6) is 2.87. The molecule has 0 saturated heterocycles. The van der Waals surface area contributed by atoms with Crippen LogP contribution in [-0.4, -0.2) is 31.3 Å². The number of ether oxygens (including phenoxy) is 3. The largest absolute Gasteiger partial charge is 0.497 e. The van der Waals surface area contributed by atoms with E-state index < -0.39 is 0 Å². The van der Waals surface area contributed by atoms with Crippen LogP contribution in [0.15, 0.2) is 52.9 Å². The molecule has 1 aromatic heterocycles. The number of oxazole rings is 1. The lowest BCUT2D eigenvalue weighted by molar-refractivity contribution is -0.161. The highest BCUT2D eigenvalue weighted by molar-refractivity contribution is 5.78. The molecular formula is C27H31NO5. The molecule has 1 aliphatic carbocycles. The van der Waals surface area contributed by atoms with Gasteiger partial charge < -0.3 is 18.6 Å². The number of methoxy groups -OCH3 is 1. The lowest BCUT2D eigenvalue weighted by Gasteiger charge is -2.39. The Morgan fingerprint density at radius 3 is 2.58 bits per heavy atom. The van der Waals surface area contributed by atoms with Crippen LogP contribution in [0.1, 0.15) is 43.2 Å². The van der Waals surface area contributed by atoms with E-state index in [1.165, 1.54) is 0 Å². The minimum absolute atomic E-state index is 0.0622. The molecule has 3 aromatic rings. The lowest BCUT2D eigenvalue weighted by atomic mass is 9.65. The third-order valence-electron chi connectivity index (χ3n) is 6.30. The first kappa shape index (κ1) is 22.9. The first-order chi connectivity index (χ1) is 16.0. The van der Waals surface area contributed by atoms with Crippen molar-refractivity contribution in [3.05, 3.63) is 65.5 Å². The molecule has 6 heteroatoms. The Morgan fingerprint density at radius 1 is 1.12 bits per heavy atom. The highest BCUT2D eigenvalue weighted by Gasteiger charge is 2.45. The Bertz CT molecular complexity index is 1080. The standard InChI is InChI=1S/C27H31NO5/c1-4-31-26(29)27(14-6-15-27)18-20-9-11-22(12-10-20)32-16-13-24-19(2)33-25(28-24)21-7-5-8-23(17-21)30-3/h5,7-12,17H,4,6,13-16,18H2,1-3H3. The zero-order chi connectivity index (χ0) is 23.3. The highest BCUT2D eigenvalue weighted by atomic mass is 16.5. The molecule has 1 fully saturated rings. The maximum atomic E-state index is 12.4. The van der Waals surface area contributed by atoms with Crippen LogP contribution in [0.4, 0.5) is 0 Å². The van der Waals surface area contributed by atoms with Gasteiger partial charge in [0.25, 0.3) is 0 Å². The number of carbonyl (C=O) groups excluding carboxylic acids is 1. The van der Waals surface area contributed by atoms with Crippen LogP contribution in [-0.2, 0) is 22.4 Å². The SMILES string of the molecule is CCOC(=O)C1(Cc2ccc(OCCc3nc(-c4cccc(OC)c4)oc3C)cc2)CCC1. The quantitative estimate of drug-likeness (QED) is 0.378. The number of benzene rings is 2. The van der Waals surface area contributed by atoms with Gasteiger partial charge in [-0.1, -0.05) is 24.6 Å². The van der Waals surface area contributed by atoms with Crippen LogP contribution in [0, 0.1) is 12.3 Å².